The maximum absolute atomic E-state index is 12.2. The minimum atomic E-state index is -0.277. The first-order valence-corrected chi connectivity index (χ1v) is 8.98. The number of hydrogen-bond donors (Lipinski definition) is 0. The third-order valence-electron chi connectivity index (χ3n) is 3.96. The normalized spacial score (nSPS) is 10.8. The minimum absolute atomic E-state index is 0.277. The summed E-state index contributed by atoms with van der Waals surface area (Å²) in [5.74, 6) is -0.277. The van der Waals surface area contributed by atoms with Crippen LogP contribution in [-0.2, 0) is 17.8 Å². The molecular weight excluding hydrogens is 330 g/mol. The lowest BCUT2D eigenvalue weighted by atomic mass is 10.1. The van der Waals surface area contributed by atoms with Crippen molar-refractivity contribution in [2.45, 2.75) is 13.1 Å². The molecule has 3 aromatic rings. The van der Waals surface area contributed by atoms with Crippen molar-refractivity contribution in [1.29, 1.82) is 0 Å². The Bertz CT molecular complexity index is 828. The molecule has 2 aromatic carbocycles. The Morgan fingerprint density at radius 2 is 1.64 bits per heavy atom. The highest BCUT2D eigenvalue weighted by Gasteiger charge is 2.18. The van der Waals surface area contributed by atoms with Crippen LogP contribution < -0.4 is 0 Å². The minimum Gasteiger partial charge on any atom is -0.465 e. The van der Waals surface area contributed by atoms with E-state index in [1.807, 2.05) is 36.4 Å². The Labute approximate surface area is 152 Å². The number of ether oxygens (including phenoxy) is 1. The number of benzene rings is 2. The second-order valence-corrected chi connectivity index (χ2v) is 7.11. The van der Waals surface area contributed by atoms with Crippen molar-refractivity contribution in [2.75, 3.05) is 14.2 Å². The van der Waals surface area contributed by atoms with Crippen LogP contribution in [0.5, 0.6) is 0 Å². The van der Waals surface area contributed by atoms with E-state index >= 15 is 0 Å². The molecule has 1 aromatic heterocycles. The van der Waals surface area contributed by atoms with E-state index in [2.05, 4.69) is 42.3 Å². The SMILES string of the molecule is COC(=O)c1sc(CN(C)Cc2ccccc2)cc1-c1ccccc1. The molecule has 0 spiro atoms. The van der Waals surface area contributed by atoms with Crippen LogP contribution in [-0.4, -0.2) is 25.0 Å². The average molecular weight is 351 g/mol. The molecule has 4 heteroatoms. The van der Waals surface area contributed by atoms with Gasteiger partial charge < -0.3 is 4.74 Å². The van der Waals surface area contributed by atoms with Crippen LogP contribution in [0.1, 0.15) is 20.1 Å². The zero-order valence-electron chi connectivity index (χ0n) is 14.4. The van der Waals surface area contributed by atoms with Crippen LogP contribution >= 0.6 is 11.3 Å². The highest BCUT2D eigenvalue weighted by atomic mass is 32.1. The van der Waals surface area contributed by atoms with Gasteiger partial charge in [0.05, 0.1) is 7.11 Å². The van der Waals surface area contributed by atoms with Gasteiger partial charge in [-0.2, -0.15) is 0 Å². The average Bonchev–Trinajstić information content (AvgIpc) is 3.06. The van der Waals surface area contributed by atoms with Crippen molar-refractivity contribution in [1.82, 2.24) is 4.90 Å². The smallest absolute Gasteiger partial charge is 0.348 e. The quantitative estimate of drug-likeness (QED) is 0.596. The summed E-state index contributed by atoms with van der Waals surface area (Å²) in [5, 5.41) is 0. The van der Waals surface area contributed by atoms with Gasteiger partial charge in [-0.1, -0.05) is 60.7 Å². The molecule has 3 nitrogen and oxygen atoms in total. The molecule has 0 unspecified atom stereocenters. The highest BCUT2D eigenvalue weighted by molar-refractivity contribution is 7.14. The maximum Gasteiger partial charge on any atom is 0.348 e. The van der Waals surface area contributed by atoms with Crippen LogP contribution in [0.4, 0.5) is 0 Å². The van der Waals surface area contributed by atoms with Crippen molar-refractivity contribution in [3.63, 3.8) is 0 Å². The van der Waals surface area contributed by atoms with E-state index in [1.54, 1.807) is 0 Å². The second-order valence-electron chi connectivity index (χ2n) is 5.97. The monoisotopic (exact) mass is 351 g/mol. The fraction of sp³-hybridized carbons (Fsp3) is 0.190. The number of methoxy groups -OCH3 is 1. The topological polar surface area (TPSA) is 29.5 Å². The van der Waals surface area contributed by atoms with Crippen molar-refractivity contribution >= 4 is 17.3 Å². The fourth-order valence-corrected chi connectivity index (χ4v) is 3.99. The van der Waals surface area contributed by atoms with E-state index in [0.29, 0.717) is 4.88 Å². The highest BCUT2D eigenvalue weighted by Crippen LogP contribution is 2.33. The molecule has 0 fully saturated rings. The van der Waals surface area contributed by atoms with E-state index in [1.165, 1.54) is 24.0 Å². The second kappa shape index (κ2) is 8.10. The number of carbonyl (C=O) groups excluding carboxylic acids is 1. The molecule has 0 aliphatic heterocycles. The Kier molecular flexibility index (Phi) is 5.64. The first kappa shape index (κ1) is 17.4. The first-order valence-electron chi connectivity index (χ1n) is 8.16. The molecule has 3 rings (SSSR count). The molecule has 0 aliphatic carbocycles. The standard InChI is InChI=1S/C21H21NO2S/c1-22(14-16-9-5-3-6-10-16)15-18-13-19(17-11-7-4-8-12-17)20(25-18)21(23)24-2/h3-13H,14-15H2,1-2H3. The number of hydrogen-bond acceptors (Lipinski definition) is 4. The number of nitrogens with zero attached hydrogens (tertiary/aromatic N) is 1. The Morgan fingerprint density at radius 3 is 2.28 bits per heavy atom. The number of thiophene rings is 1. The molecule has 128 valence electrons. The van der Waals surface area contributed by atoms with E-state index in [-0.39, 0.29) is 5.97 Å². The Balaban J connectivity index is 1.82. The molecule has 0 saturated carbocycles. The van der Waals surface area contributed by atoms with E-state index in [9.17, 15) is 4.79 Å². The molecule has 0 radical (unpaired) electrons. The Morgan fingerprint density at radius 1 is 1.00 bits per heavy atom. The summed E-state index contributed by atoms with van der Waals surface area (Å²) in [7, 11) is 3.52. The number of rotatable bonds is 6. The maximum atomic E-state index is 12.2. The predicted octanol–water partition coefficient (Wildman–Crippen LogP) is 4.83. The molecule has 0 N–H and O–H groups in total. The summed E-state index contributed by atoms with van der Waals surface area (Å²) in [5.41, 5.74) is 3.26. The predicted molar refractivity (Wildman–Crippen MR) is 103 cm³/mol. The summed E-state index contributed by atoms with van der Waals surface area (Å²) < 4.78 is 4.97. The third-order valence-corrected chi connectivity index (χ3v) is 5.06. The van der Waals surface area contributed by atoms with Crippen molar-refractivity contribution in [2.24, 2.45) is 0 Å². The molecule has 25 heavy (non-hydrogen) atoms. The molecule has 0 atom stereocenters. The molecular formula is C21H21NO2S. The summed E-state index contributed by atoms with van der Waals surface area (Å²) in [6.45, 7) is 1.66. The van der Waals surface area contributed by atoms with Crippen LogP contribution in [0.2, 0.25) is 0 Å². The van der Waals surface area contributed by atoms with Crippen molar-refractivity contribution in [3.05, 3.63) is 82.0 Å². The lowest BCUT2D eigenvalue weighted by Crippen LogP contribution is -2.16. The summed E-state index contributed by atoms with van der Waals surface area (Å²) >= 11 is 1.51. The zero-order chi connectivity index (χ0) is 17.6. The van der Waals surface area contributed by atoms with Gasteiger partial charge in [-0.05, 0) is 24.2 Å². The summed E-state index contributed by atoms with van der Waals surface area (Å²) in [6, 6.07) is 22.5. The first-order chi connectivity index (χ1) is 12.2. The molecule has 0 aliphatic rings. The molecule has 0 bridgehead atoms. The van der Waals surface area contributed by atoms with Gasteiger partial charge in [0.2, 0.25) is 0 Å². The van der Waals surface area contributed by atoms with Gasteiger partial charge in [-0.15, -0.1) is 11.3 Å². The van der Waals surface area contributed by atoms with Crippen LogP contribution in [0.25, 0.3) is 11.1 Å². The van der Waals surface area contributed by atoms with Gasteiger partial charge in [0.15, 0.2) is 0 Å². The van der Waals surface area contributed by atoms with Crippen molar-refractivity contribution < 1.29 is 9.53 Å². The van der Waals surface area contributed by atoms with E-state index in [4.69, 9.17) is 4.74 Å². The van der Waals surface area contributed by atoms with Crippen LogP contribution in [0, 0.1) is 0 Å². The van der Waals surface area contributed by atoms with Gasteiger partial charge in [-0.3, -0.25) is 4.90 Å². The van der Waals surface area contributed by atoms with Gasteiger partial charge >= 0.3 is 5.97 Å². The number of esters is 1. The van der Waals surface area contributed by atoms with Gasteiger partial charge in [0.25, 0.3) is 0 Å². The van der Waals surface area contributed by atoms with Gasteiger partial charge in [0, 0.05) is 23.5 Å². The lowest BCUT2D eigenvalue weighted by Gasteiger charge is -2.15. The lowest BCUT2D eigenvalue weighted by molar-refractivity contribution is 0.0607. The molecule has 1 heterocycles. The van der Waals surface area contributed by atoms with Gasteiger partial charge in [0.1, 0.15) is 4.88 Å². The fourth-order valence-electron chi connectivity index (χ4n) is 2.81. The Hall–Kier alpha value is -2.43. The zero-order valence-corrected chi connectivity index (χ0v) is 15.3. The van der Waals surface area contributed by atoms with E-state index < -0.39 is 0 Å². The largest absolute Gasteiger partial charge is 0.465 e. The molecule has 0 amide bonds. The number of carbonyl (C=O) groups is 1. The summed E-state index contributed by atoms with van der Waals surface area (Å²) in [6.07, 6.45) is 0. The van der Waals surface area contributed by atoms with E-state index in [0.717, 1.165) is 29.1 Å². The summed E-state index contributed by atoms with van der Waals surface area (Å²) in [4.78, 5) is 16.2. The van der Waals surface area contributed by atoms with Crippen LogP contribution in [0.3, 0.4) is 0 Å². The van der Waals surface area contributed by atoms with Crippen LogP contribution in [0.15, 0.2) is 66.7 Å². The third kappa shape index (κ3) is 4.35. The van der Waals surface area contributed by atoms with Gasteiger partial charge in [-0.25, -0.2) is 4.79 Å². The van der Waals surface area contributed by atoms with Crippen molar-refractivity contribution in [3.8, 4) is 11.1 Å². The molecule has 0 saturated heterocycles.